The zero-order chi connectivity index (χ0) is 9.68. The number of rotatable bonds is 5. The Morgan fingerprint density at radius 2 is 2.31 bits per heavy atom. The van der Waals surface area contributed by atoms with Crippen molar-refractivity contribution in [2.45, 2.75) is 32.7 Å². The van der Waals surface area contributed by atoms with Gasteiger partial charge >= 0.3 is 0 Å². The molecule has 0 aromatic carbocycles. The number of nitrogens with zero attached hydrogens (tertiary/aromatic N) is 1. The Bertz CT molecular complexity index is 221. The molecule has 1 aromatic heterocycles. The van der Waals surface area contributed by atoms with Crippen molar-refractivity contribution in [3.8, 4) is 0 Å². The molecule has 1 unspecified atom stereocenters. The van der Waals surface area contributed by atoms with E-state index in [9.17, 15) is 0 Å². The molecule has 0 saturated carbocycles. The van der Waals surface area contributed by atoms with E-state index in [2.05, 4.69) is 24.3 Å². The maximum atomic E-state index is 5.46. The van der Waals surface area contributed by atoms with Gasteiger partial charge in [-0.05, 0) is 18.8 Å². The van der Waals surface area contributed by atoms with Crippen LogP contribution in [-0.2, 0) is 0 Å². The predicted octanol–water partition coefficient (Wildman–Crippen LogP) is 2.08. The van der Waals surface area contributed by atoms with Gasteiger partial charge in [-0.1, -0.05) is 13.8 Å². The summed E-state index contributed by atoms with van der Waals surface area (Å²) < 4.78 is 0. The molecule has 1 heterocycles. The highest BCUT2D eigenvalue weighted by Gasteiger charge is 2.11. The minimum Gasteiger partial charge on any atom is -0.271 e. The number of aromatic nitrogens is 1. The summed E-state index contributed by atoms with van der Waals surface area (Å²) in [6, 6.07) is 0.216. The largest absolute Gasteiger partial charge is 0.271 e. The first-order valence-electron chi connectivity index (χ1n) is 4.58. The van der Waals surface area contributed by atoms with Crippen LogP contribution in [-0.4, -0.2) is 4.98 Å². The summed E-state index contributed by atoms with van der Waals surface area (Å²) in [5, 5.41) is 2.05. The summed E-state index contributed by atoms with van der Waals surface area (Å²) in [6.45, 7) is 4.43. The maximum absolute atomic E-state index is 5.46. The van der Waals surface area contributed by atoms with Crippen molar-refractivity contribution in [1.82, 2.24) is 10.4 Å². The Kier molecular flexibility index (Phi) is 4.35. The molecule has 0 radical (unpaired) electrons. The van der Waals surface area contributed by atoms with E-state index >= 15 is 0 Å². The van der Waals surface area contributed by atoms with Crippen LogP contribution in [0.25, 0.3) is 0 Å². The predicted molar refractivity (Wildman–Crippen MR) is 56.3 cm³/mol. The van der Waals surface area contributed by atoms with Crippen molar-refractivity contribution in [3.63, 3.8) is 0 Å². The van der Waals surface area contributed by atoms with Gasteiger partial charge in [0, 0.05) is 5.38 Å². The van der Waals surface area contributed by atoms with Gasteiger partial charge in [0.2, 0.25) is 0 Å². The number of nitrogens with two attached hydrogens (primary N) is 1. The molecule has 0 amide bonds. The fourth-order valence-corrected chi connectivity index (χ4v) is 1.82. The van der Waals surface area contributed by atoms with Crippen LogP contribution in [0.15, 0.2) is 10.9 Å². The molecular weight excluding hydrogens is 182 g/mol. The third-order valence-corrected chi connectivity index (χ3v) is 2.65. The van der Waals surface area contributed by atoms with Gasteiger partial charge in [-0.25, -0.2) is 4.98 Å². The van der Waals surface area contributed by atoms with Crippen LogP contribution in [0.2, 0.25) is 0 Å². The van der Waals surface area contributed by atoms with Gasteiger partial charge in [0.15, 0.2) is 0 Å². The molecule has 0 aliphatic carbocycles. The highest BCUT2D eigenvalue weighted by molar-refractivity contribution is 7.07. The SMILES string of the molecule is CC(C)CCC(NN)c1cscn1. The van der Waals surface area contributed by atoms with Crippen molar-refractivity contribution < 1.29 is 0 Å². The van der Waals surface area contributed by atoms with Gasteiger partial charge in [0.25, 0.3) is 0 Å². The van der Waals surface area contributed by atoms with Crippen LogP contribution >= 0.6 is 11.3 Å². The number of nitrogens with one attached hydrogen (secondary N) is 1. The van der Waals surface area contributed by atoms with Crippen molar-refractivity contribution >= 4 is 11.3 Å². The summed E-state index contributed by atoms with van der Waals surface area (Å²) in [5.74, 6) is 6.18. The van der Waals surface area contributed by atoms with Gasteiger partial charge in [0.05, 0.1) is 17.2 Å². The Labute approximate surface area is 83.3 Å². The molecule has 0 bridgehead atoms. The fraction of sp³-hybridized carbons (Fsp3) is 0.667. The van der Waals surface area contributed by atoms with E-state index in [0.717, 1.165) is 18.0 Å². The Morgan fingerprint density at radius 1 is 1.54 bits per heavy atom. The van der Waals surface area contributed by atoms with Gasteiger partial charge in [-0.15, -0.1) is 11.3 Å². The molecule has 0 saturated heterocycles. The zero-order valence-corrected chi connectivity index (χ0v) is 8.97. The first kappa shape index (κ1) is 10.6. The molecule has 0 spiro atoms. The van der Waals surface area contributed by atoms with E-state index in [1.165, 1.54) is 6.42 Å². The first-order valence-corrected chi connectivity index (χ1v) is 5.52. The van der Waals surface area contributed by atoms with E-state index in [1.54, 1.807) is 11.3 Å². The van der Waals surface area contributed by atoms with Crippen molar-refractivity contribution in [2.24, 2.45) is 11.8 Å². The van der Waals surface area contributed by atoms with Crippen molar-refractivity contribution in [2.75, 3.05) is 0 Å². The van der Waals surface area contributed by atoms with E-state index < -0.39 is 0 Å². The second-order valence-electron chi connectivity index (χ2n) is 3.60. The average molecular weight is 199 g/mol. The van der Waals surface area contributed by atoms with Crippen LogP contribution in [0.5, 0.6) is 0 Å². The van der Waals surface area contributed by atoms with Crippen LogP contribution in [0.3, 0.4) is 0 Å². The molecule has 1 rings (SSSR count). The molecule has 0 fully saturated rings. The van der Waals surface area contributed by atoms with E-state index in [0.29, 0.717) is 0 Å². The molecule has 1 atom stereocenters. The Balaban J connectivity index is 2.44. The third kappa shape index (κ3) is 3.42. The van der Waals surface area contributed by atoms with E-state index in [-0.39, 0.29) is 6.04 Å². The van der Waals surface area contributed by atoms with Crippen LogP contribution in [0.4, 0.5) is 0 Å². The van der Waals surface area contributed by atoms with Crippen molar-refractivity contribution in [3.05, 3.63) is 16.6 Å². The second kappa shape index (κ2) is 5.32. The lowest BCUT2D eigenvalue weighted by Gasteiger charge is -2.14. The quantitative estimate of drug-likeness (QED) is 0.564. The summed E-state index contributed by atoms with van der Waals surface area (Å²) >= 11 is 1.61. The van der Waals surface area contributed by atoms with Crippen LogP contribution in [0.1, 0.15) is 38.4 Å². The maximum Gasteiger partial charge on any atom is 0.0795 e. The highest BCUT2D eigenvalue weighted by atomic mass is 32.1. The average Bonchev–Trinajstić information content (AvgIpc) is 2.58. The lowest BCUT2D eigenvalue weighted by molar-refractivity contribution is 0.442. The highest BCUT2D eigenvalue weighted by Crippen LogP contribution is 2.19. The smallest absolute Gasteiger partial charge is 0.0795 e. The molecule has 0 aliphatic heterocycles. The molecule has 13 heavy (non-hydrogen) atoms. The number of hydrogen-bond donors (Lipinski definition) is 2. The third-order valence-electron chi connectivity index (χ3n) is 2.04. The zero-order valence-electron chi connectivity index (χ0n) is 8.16. The van der Waals surface area contributed by atoms with Gasteiger partial charge in [-0.2, -0.15) is 0 Å². The lowest BCUT2D eigenvalue weighted by atomic mass is 10.0. The summed E-state index contributed by atoms with van der Waals surface area (Å²) in [6.07, 6.45) is 2.23. The normalized spacial score (nSPS) is 13.5. The molecule has 74 valence electrons. The summed E-state index contributed by atoms with van der Waals surface area (Å²) in [7, 11) is 0. The number of thiazole rings is 1. The topological polar surface area (TPSA) is 50.9 Å². The molecule has 3 nitrogen and oxygen atoms in total. The monoisotopic (exact) mass is 199 g/mol. The molecule has 3 N–H and O–H groups in total. The summed E-state index contributed by atoms with van der Waals surface area (Å²) in [5.41, 5.74) is 5.71. The van der Waals surface area contributed by atoms with Crippen LogP contribution < -0.4 is 11.3 Å². The minimum atomic E-state index is 0.216. The minimum absolute atomic E-state index is 0.216. The van der Waals surface area contributed by atoms with Crippen molar-refractivity contribution in [1.29, 1.82) is 0 Å². The molecule has 4 heteroatoms. The van der Waals surface area contributed by atoms with Gasteiger partial charge in [-0.3, -0.25) is 11.3 Å². The molecule has 1 aromatic rings. The second-order valence-corrected chi connectivity index (χ2v) is 4.32. The fourth-order valence-electron chi connectivity index (χ4n) is 1.21. The number of hydrazine groups is 1. The Morgan fingerprint density at radius 3 is 2.77 bits per heavy atom. The van der Waals surface area contributed by atoms with E-state index in [1.807, 2.05) is 10.9 Å². The van der Waals surface area contributed by atoms with Crippen LogP contribution in [0, 0.1) is 5.92 Å². The standard InChI is InChI=1S/C9H17N3S/c1-7(2)3-4-8(12-10)9-5-13-6-11-9/h5-8,12H,3-4,10H2,1-2H3. The van der Waals surface area contributed by atoms with Gasteiger partial charge in [0.1, 0.15) is 0 Å². The lowest BCUT2D eigenvalue weighted by Crippen LogP contribution is -2.28. The first-order chi connectivity index (χ1) is 6.24. The van der Waals surface area contributed by atoms with E-state index in [4.69, 9.17) is 5.84 Å². The molecule has 0 aliphatic rings. The Hall–Kier alpha value is -0.450. The van der Waals surface area contributed by atoms with Gasteiger partial charge < -0.3 is 0 Å². The summed E-state index contributed by atoms with van der Waals surface area (Å²) in [4.78, 5) is 4.24. The molecular formula is C9H17N3S. The number of hydrogen-bond acceptors (Lipinski definition) is 4.